The van der Waals surface area contributed by atoms with Crippen molar-refractivity contribution in [2.75, 3.05) is 16.8 Å². The molecule has 0 bridgehead atoms. The molecule has 160 valence electrons. The van der Waals surface area contributed by atoms with Crippen LogP contribution in [0.5, 0.6) is 0 Å². The monoisotopic (exact) mass is 447 g/mol. The number of rotatable bonds is 4. The fourth-order valence-corrected chi connectivity index (χ4v) is 4.34. The molecule has 1 amide bonds. The minimum atomic E-state index is -5.51. The molecule has 0 aliphatic carbocycles. The summed E-state index contributed by atoms with van der Waals surface area (Å²) in [5.74, 6) is -0.200. The summed E-state index contributed by atoms with van der Waals surface area (Å²) in [5.41, 5.74) is -3.21. The first kappa shape index (κ1) is 20.9. The fourth-order valence-electron chi connectivity index (χ4n) is 3.42. The van der Waals surface area contributed by atoms with Crippen LogP contribution in [-0.4, -0.2) is 31.4 Å². The van der Waals surface area contributed by atoms with Gasteiger partial charge in [0.15, 0.2) is 0 Å². The predicted molar refractivity (Wildman–Crippen MR) is 109 cm³/mol. The maximum Gasteiger partial charge on any atom is 0.501 e. The number of carbonyl (C=O) groups excluding carboxylic acids is 1. The SMILES string of the molecule is O=C(c1cccnc1)N1CCc2cc(Nc3ccccc3S(=O)(=O)C(F)(F)F)ccc21. The number of benzene rings is 2. The fraction of sp³-hybridized carbons (Fsp3) is 0.143. The van der Waals surface area contributed by atoms with E-state index >= 15 is 0 Å². The minimum absolute atomic E-state index is 0.180. The molecule has 1 aliphatic heterocycles. The van der Waals surface area contributed by atoms with Gasteiger partial charge in [-0.2, -0.15) is 13.2 Å². The van der Waals surface area contributed by atoms with E-state index in [0.29, 0.717) is 29.9 Å². The average molecular weight is 447 g/mol. The molecule has 31 heavy (non-hydrogen) atoms. The van der Waals surface area contributed by atoms with Crippen molar-refractivity contribution in [3.05, 3.63) is 78.1 Å². The summed E-state index contributed by atoms with van der Waals surface area (Å²) in [7, 11) is -5.51. The lowest BCUT2D eigenvalue weighted by atomic mass is 10.1. The molecule has 2 aromatic carbocycles. The second-order valence-corrected chi connectivity index (χ2v) is 8.77. The molecule has 3 aromatic rings. The lowest BCUT2D eigenvalue weighted by Gasteiger charge is -2.18. The standard InChI is InChI=1S/C21H16F3N3O3S/c22-21(23,24)31(29,30)19-6-2-1-5-17(19)26-16-7-8-18-14(12-16)9-11-27(18)20(28)15-4-3-10-25-13-15/h1-8,10,12-13,26H,9,11H2. The summed E-state index contributed by atoms with van der Waals surface area (Å²) >= 11 is 0. The zero-order valence-electron chi connectivity index (χ0n) is 15.9. The van der Waals surface area contributed by atoms with E-state index < -0.39 is 20.2 Å². The summed E-state index contributed by atoms with van der Waals surface area (Å²) in [5, 5.41) is 2.76. The molecule has 4 rings (SSSR count). The van der Waals surface area contributed by atoms with E-state index in [1.807, 2.05) is 0 Å². The Morgan fingerprint density at radius 2 is 1.84 bits per heavy atom. The quantitative estimate of drug-likeness (QED) is 0.644. The number of para-hydroxylation sites is 1. The molecule has 0 saturated heterocycles. The van der Waals surface area contributed by atoms with Gasteiger partial charge in [-0.25, -0.2) is 8.42 Å². The number of aromatic nitrogens is 1. The van der Waals surface area contributed by atoms with Crippen LogP contribution in [0.4, 0.5) is 30.2 Å². The van der Waals surface area contributed by atoms with Crippen molar-refractivity contribution in [1.82, 2.24) is 4.98 Å². The first-order valence-corrected chi connectivity index (χ1v) is 10.7. The van der Waals surface area contributed by atoms with Gasteiger partial charge >= 0.3 is 5.51 Å². The number of halogens is 3. The van der Waals surface area contributed by atoms with Gasteiger partial charge < -0.3 is 10.2 Å². The van der Waals surface area contributed by atoms with Crippen LogP contribution in [0, 0.1) is 0 Å². The van der Waals surface area contributed by atoms with Gasteiger partial charge in [0.05, 0.1) is 16.1 Å². The molecule has 10 heteroatoms. The highest BCUT2D eigenvalue weighted by Crippen LogP contribution is 2.37. The highest BCUT2D eigenvalue weighted by atomic mass is 32.2. The second kappa shape index (κ2) is 7.69. The first-order chi connectivity index (χ1) is 14.7. The summed E-state index contributed by atoms with van der Waals surface area (Å²) in [6.07, 6.45) is 3.61. The van der Waals surface area contributed by atoms with Gasteiger partial charge in [0.2, 0.25) is 0 Å². The lowest BCUT2D eigenvalue weighted by molar-refractivity contribution is -0.0435. The van der Waals surface area contributed by atoms with E-state index in [9.17, 15) is 26.4 Å². The van der Waals surface area contributed by atoms with Crippen LogP contribution in [0.15, 0.2) is 71.9 Å². The molecule has 2 heterocycles. The molecular weight excluding hydrogens is 431 g/mol. The zero-order valence-corrected chi connectivity index (χ0v) is 16.7. The summed E-state index contributed by atoms with van der Waals surface area (Å²) in [4.78, 5) is 17.4. The van der Waals surface area contributed by atoms with Crippen molar-refractivity contribution in [3.63, 3.8) is 0 Å². The Balaban J connectivity index is 1.62. The Bertz CT molecular complexity index is 1250. The highest BCUT2D eigenvalue weighted by Gasteiger charge is 2.48. The molecule has 0 fully saturated rings. The van der Waals surface area contributed by atoms with Crippen LogP contribution in [0.2, 0.25) is 0 Å². The van der Waals surface area contributed by atoms with E-state index in [-0.39, 0.29) is 11.6 Å². The smallest absolute Gasteiger partial charge is 0.354 e. The van der Waals surface area contributed by atoms with Gasteiger partial charge in [0.1, 0.15) is 0 Å². The van der Waals surface area contributed by atoms with Crippen molar-refractivity contribution < 1.29 is 26.4 Å². The molecule has 1 N–H and O–H groups in total. The molecule has 0 radical (unpaired) electrons. The average Bonchev–Trinajstić information content (AvgIpc) is 3.16. The number of carbonyl (C=O) groups is 1. The number of hydrogen-bond donors (Lipinski definition) is 1. The van der Waals surface area contributed by atoms with E-state index in [1.54, 1.807) is 41.4 Å². The van der Waals surface area contributed by atoms with Crippen molar-refractivity contribution in [1.29, 1.82) is 0 Å². The normalized spacial score (nSPS) is 13.7. The number of sulfone groups is 1. The first-order valence-electron chi connectivity index (χ1n) is 9.21. The minimum Gasteiger partial charge on any atom is -0.354 e. The molecule has 0 spiro atoms. The third-order valence-electron chi connectivity index (χ3n) is 4.89. The number of nitrogens with zero attached hydrogens (tertiary/aromatic N) is 2. The number of anilines is 3. The van der Waals surface area contributed by atoms with Crippen LogP contribution in [-0.2, 0) is 16.3 Å². The Hall–Kier alpha value is -3.40. The van der Waals surface area contributed by atoms with Crippen LogP contribution in [0.25, 0.3) is 0 Å². The summed E-state index contributed by atoms with van der Waals surface area (Å²) in [6, 6.07) is 13.2. The van der Waals surface area contributed by atoms with Gasteiger partial charge in [-0.1, -0.05) is 12.1 Å². The Kier molecular flexibility index (Phi) is 5.18. The van der Waals surface area contributed by atoms with Crippen LogP contribution in [0.3, 0.4) is 0 Å². The lowest BCUT2D eigenvalue weighted by Crippen LogP contribution is -2.28. The van der Waals surface area contributed by atoms with E-state index in [0.717, 1.165) is 11.6 Å². The highest BCUT2D eigenvalue weighted by molar-refractivity contribution is 7.92. The number of pyridine rings is 1. The number of nitrogens with one attached hydrogen (secondary N) is 1. The molecule has 0 saturated carbocycles. The van der Waals surface area contributed by atoms with Crippen LogP contribution in [0.1, 0.15) is 15.9 Å². The third kappa shape index (κ3) is 3.86. The molecule has 6 nitrogen and oxygen atoms in total. The maximum absolute atomic E-state index is 13.0. The zero-order chi connectivity index (χ0) is 22.2. The molecular formula is C21H16F3N3O3S. The van der Waals surface area contributed by atoms with E-state index in [2.05, 4.69) is 10.3 Å². The number of alkyl halides is 3. The van der Waals surface area contributed by atoms with Crippen molar-refractivity contribution in [3.8, 4) is 0 Å². The Morgan fingerprint density at radius 3 is 2.55 bits per heavy atom. The largest absolute Gasteiger partial charge is 0.501 e. The summed E-state index contributed by atoms with van der Waals surface area (Å²) < 4.78 is 62.8. The third-order valence-corrected chi connectivity index (χ3v) is 6.43. The second-order valence-electron chi connectivity index (χ2n) is 6.86. The molecule has 1 aromatic heterocycles. The van der Waals surface area contributed by atoms with Crippen LogP contribution < -0.4 is 10.2 Å². The number of amides is 1. The van der Waals surface area contributed by atoms with Crippen molar-refractivity contribution in [2.45, 2.75) is 16.8 Å². The van der Waals surface area contributed by atoms with Gasteiger partial charge in [0, 0.05) is 30.3 Å². The maximum atomic E-state index is 13.0. The van der Waals surface area contributed by atoms with Gasteiger partial charge in [-0.3, -0.25) is 9.78 Å². The Morgan fingerprint density at radius 1 is 1.06 bits per heavy atom. The number of fused-ring (bicyclic) bond motifs is 1. The summed E-state index contributed by atoms with van der Waals surface area (Å²) in [6.45, 7) is 0.450. The predicted octanol–water partition coefficient (Wildman–Crippen LogP) is 4.32. The van der Waals surface area contributed by atoms with Gasteiger partial charge in [-0.05, 0) is 54.4 Å². The van der Waals surface area contributed by atoms with Crippen LogP contribution >= 0.6 is 0 Å². The van der Waals surface area contributed by atoms with Gasteiger partial charge in [-0.15, -0.1) is 0 Å². The Labute approximate surface area is 176 Å². The molecule has 0 atom stereocenters. The van der Waals surface area contributed by atoms with Gasteiger partial charge in [0.25, 0.3) is 15.7 Å². The van der Waals surface area contributed by atoms with E-state index in [1.165, 1.54) is 24.4 Å². The molecule has 0 unspecified atom stereocenters. The topological polar surface area (TPSA) is 79.4 Å². The van der Waals surface area contributed by atoms with E-state index in [4.69, 9.17) is 0 Å². The molecule has 1 aliphatic rings. The van der Waals surface area contributed by atoms with Crippen molar-refractivity contribution >= 4 is 32.8 Å². The van der Waals surface area contributed by atoms with Crippen molar-refractivity contribution in [2.24, 2.45) is 0 Å². The number of hydrogen-bond acceptors (Lipinski definition) is 5.